The highest BCUT2D eigenvalue weighted by molar-refractivity contribution is 5.84. The van der Waals surface area contributed by atoms with Crippen molar-refractivity contribution in [1.29, 1.82) is 0 Å². The van der Waals surface area contributed by atoms with Crippen LogP contribution in [0.2, 0.25) is 0 Å². The number of halogens is 1. The molecule has 15 heavy (non-hydrogen) atoms. The summed E-state index contributed by atoms with van der Waals surface area (Å²) < 4.78 is 12.7. The molecular formula is C12H25FN2. The number of hydrogen-bond donors (Lipinski definition) is 1. The molecule has 0 aromatic carbocycles. The van der Waals surface area contributed by atoms with Crippen molar-refractivity contribution in [3.8, 4) is 0 Å². The van der Waals surface area contributed by atoms with Gasteiger partial charge in [-0.05, 0) is 45.9 Å². The normalized spacial score (nSPS) is 14.3. The molecule has 0 radical (unpaired) electrons. The van der Waals surface area contributed by atoms with Crippen LogP contribution < -0.4 is 5.32 Å². The van der Waals surface area contributed by atoms with E-state index < -0.39 is 5.95 Å². The zero-order chi connectivity index (χ0) is 12.3. The molecule has 0 saturated heterocycles. The van der Waals surface area contributed by atoms with E-state index in [4.69, 9.17) is 0 Å². The van der Waals surface area contributed by atoms with Crippen molar-refractivity contribution in [3.05, 3.63) is 12.0 Å². The van der Waals surface area contributed by atoms with Crippen molar-refractivity contribution in [2.24, 2.45) is 10.9 Å². The van der Waals surface area contributed by atoms with Crippen LogP contribution in [0.25, 0.3) is 0 Å². The van der Waals surface area contributed by atoms with Crippen LogP contribution in [0.15, 0.2) is 17.0 Å². The zero-order valence-corrected chi connectivity index (χ0v) is 10.9. The quantitative estimate of drug-likeness (QED) is 0.551. The van der Waals surface area contributed by atoms with E-state index in [1.54, 1.807) is 6.92 Å². The van der Waals surface area contributed by atoms with E-state index in [0.29, 0.717) is 5.92 Å². The third kappa shape index (κ3) is 9.60. The van der Waals surface area contributed by atoms with Crippen molar-refractivity contribution in [3.63, 3.8) is 0 Å². The fourth-order valence-electron chi connectivity index (χ4n) is 0.913. The second-order valence-corrected chi connectivity index (χ2v) is 3.16. The summed E-state index contributed by atoms with van der Waals surface area (Å²) in [7, 11) is 1.91. The molecule has 0 spiro atoms. The molecule has 1 N–H and O–H groups in total. The SMILES string of the molecule is C/C=C(F)\N=C(/C)C(C)CCNC.CC. The fraction of sp³-hybridized carbons (Fsp3) is 0.750. The number of hydrogen-bond acceptors (Lipinski definition) is 2. The summed E-state index contributed by atoms with van der Waals surface area (Å²) in [6.45, 7) is 10.5. The predicted molar refractivity (Wildman–Crippen MR) is 67.0 cm³/mol. The van der Waals surface area contributed by atoms with E-state index >= 15 is 0 Å². The first kappa shape index (κ1) is 16.7. The van der Waals surface area contributed by atoms with Crippen molar-refractivity contribution in [2.75, 3.05) is 13.6 Å². The molecule has 0 saturated carbocycles. The van der Waals surface area contributed by atoms with Gasteiger partial charge < -0.3 is 5.32 Å². The molecule has 2 nitrogen and oxygen atoms in total. The number of allylic oxidation sites excluding steroid dienone is 1. The Kier molecular flexibility index (Phi) is 12.7. The lowest BCUT2D eigenvalue weighted by atomic mass is 10.0. The van der Waals surface area contributed by atoms with E-state index in [1.807, 2.05) is 27.8 Å². The number of nitrogens with zero attached hydrogens (tertiary/aromatic N) is 1. The first-order chi connectivity index (χ1) is 7.11. The van der Waals surface area contributed by atoms with Crippen molar-refractivity contribution in [2.45, 2.75) is 41.0 Å². The van der Waals surface area contributed by atoms with Crippen LogP contribution in [-0.4, -0.2) is 19.3 Å². The second-order valence-electron chi connectivity index (χ2n) is 3.16. The first-order valence-electron chi connectivity index (χ1n) is 5.63. The predicted octanol–water partition coefficient (Wildman–Crippen LogP) is 3.55. The van der Waals surface area contributed by atoms with E-state index in [2.05, 4.69) is 17.2 Å². The third-order valence-electron chi connectivity index (χ3n) is 2.06. The first-order valence-corrected chi connectivity index (χ1v) is 5.63. The van der Waals surface area contributed by atoms with Gasteiger partial charge in [0, 0.05) is 5.71 Å². The number of rotatable bonds is 5. The molecule has 0 aliphatic heterocycles. The Labute approximate surface area is 93.7 Å². The van der Waals surface area contributed by atoms with Crippen LogP contribution in [0.5, 0.6) is 0 Å². The van der Waals surface area contributed by atoms with Gasteiger partial charge in [-0.3, -0.25) is 0 Å². The van der Waals surface area contributed by atoms with Crippen molar-refractivity contribution < 1.29 is 4.39 Å². The van der Waals surface area contributed by atoms with E-state index in [1.165, 1.54) is 6.08 Å². The van der Waals surface area contributed by atoms with E-state index in [0.717, 1.165) is 18.7 Å². The highest BCUT2D eigenvalue weighted by Crippen LogP contribution is 2.07. The Morgan fingerprint density at radius 2 is 2.00 bits per heavy atom. The molecule has 1 atom stereocenters. The molecule has 0 rings (SSSR count). The average Bonchev–Trinajstić information content (AvgIpc) is 2.28. The van der Waals surface area contributed by atoms with Gasteiger partial charge in [-0.2, -0.15) is 4.39 Å². The summed E-state index contributed by atoms with van der Waals surface area (Å²) in [6.07, 6.45) is 2.36. The van der Waals surface area contributed by atoms with Crippen molar-refractivity contribution >= 4 is 5.71 Å². The maximum Gasteiger partial charge on any atom is 0.208 e. The minimum absolute atomic E-state index is 0.332. The summed E-state index contributed by atoms with van der Waals surface area (Å²) >= 11 is 0. The van der Waals surface area contributed by atoms with Crippen LogP contribution in [0.4, 0.5) is 4.39 Å². The fourth-order valence-corrected chi connectivity index (χ4v) is 0.913. The molecule has 0 aliphatic rings. The molecule has 0 aliphatic carbocycles. The van der Waals surface area contributed by atoms with Gasteiger partial charge in [-0.1, -0.05) is 20.8 Å². The molecule has 90 valence electrons. The standard InChI is InChI=1S/C10H19FN2.C2H6/c1-5-10(11)13-9(3)8(2)6-7-12-4;1-2/h5,8,12H,6-7H2,1-4H3;1-2H3/b10-5-,13-9+;. The average molecular weight is 216 g/mol. The lowest BCUT2D eigenvalue weighted by Crippen LogP contribution is -2.16. The lowest BCUT2D eigenvalue weighted by molar-refractivity contribution is 0.607. The Morgan fingerprint density at radius 3 is 2.40 bits per heavy atom. The Morgan fingerprint density at radius 1 is 1.47 bits per heavy atom. The molecule has 0 bridgehead atoms. The minimum atomic E-state index is -0.395. The van der Waals surface area contributed by atoms with Crippen LogP contribution in [-0.2, 0) is 0 Å². The monoisotopic (exact) mass is 216 g/mol. The van der Waals surface area contributed by atoms with Gasteiger partial charge in [0.25, 0.3) is 0 Å². The summed E-state index contributed by atoms with van der Waals surface area (Å²) in [4.78, 5) is 3.83. The molecule has 3 heteroatoms. The van der Waals surface area contributed by atoms with E-state index in [-0.39, 0.29) is 0 Å². The van der Waals surface area contributed by atoms with Gasteiger partial charge in [0.1, 0.15) is 0 Å². The highest BCUT2D eigenvalue weighted by atomic mass is 19.1. The summed E-state index contributed by atoms with van der Waals surface area (Å²) in [6, 6.07) is 0. The van der Waals surface area contributed by atoms with Gasteiger partial charge >= 0.3 is 0 Å². The molecule has 0 amide bonds. The Bertz CT molecular complexity index is 198. The van der Waals surface area contributed by atoms with Gasteiger partial charge in [0.2, 0.25) is 5.95 Å². The molecule has 0 heterocycles. The maximum atomic E-state index is 12.7. The molecule has 0 aromatic heterocycles. The van der Waals surface area contributed by atoms with Crippen LogP contribution in [0.1, 0.15) is 41.0 Å². The lowest BCUT2D eigenvalue weighted by Gasteiger charge is -2.09. The summed E-state index contributed by atoms with van der Waals surface area (Å²) in [5, 5.41) is 3.06. The maximum absolute atomic E-state index is 12.7. The molecule has 0 aromatic rings. The van der Waals surface area contributed by atoms with Crippen LogP contribution >= 0.6 is 0 Å². The van der Waals surface area contributed by atoms with Crippen molar-refractivity contribution in [1.82, 2.24) is 5.32 Å². The summed E-state index contributed by atoms with van der Waals surface area (Å²) in [5.41, 5.74) is 0.853. The smallest absolute Gasteiger partial charge is 0.208 e. The Balaban J connectivity index is 0. The largest absolute Gasteiger partial charge is 0.320 e. The topological polar surface area (TPSA) is 24.4 Å². The van der Waals surface area contributed by atoms with Crippen LogP contribution in [0.3, 0.4) is 0 Å². The van der Waals surface area contributed by atoms with Gasteiger partial charge in [0.05, 0.1) is 0 Å². The summed E-state index contributed by atoms with van der Waals surface area (Å²) in [5.74, 6) is -0.0630. The Hall–Kier alpha value is -0.700. The number of nitrogens with one attached hydrogen (secondary N) is 1. The minimum Gasteiger partial charge on any atom is -0.320 e. The van der Waals surface area contributed by atoms with Gasteiger partial charge in [-0.25, -0.2) is 4.99 Å². The van der Waals surface area contributed by atoms with E-state index in [9.17, 15) is 4.39 Å². The molecule has 0 fully saturated rings. The van der Waals surface area contributed by atoms with Gasteiger partial charge in [-0.15, -0.1) is 0 Å². The second kappa shape index (κ2) is 11.4. The third-order valence-corrected chi connectivity index (χ3v) is 2.06. The van der Waals surface area contributed by atoms with Gasteiger partial charge in [0.15, 0.2) is 0 Å². The number of aliphatic imine (C=N–C) groups is 1. The molecular weight excluding hydrogens is 191 g/mol. The molecule has 1 unspecified atom stereocenters. The van der Waals surface area contributed by atoms with Crippen LogP contribution in [0, 0.1) is 5.92 Å². The highest BCUT2D eigenvalue weighted by Gasteiger charge is 2.05. The zero-order valence-electron chi connectivity index (χ0n) is 10.9.